The Morgan fingerprint density at radius 1 is 0.680 bits per heavy atom. The number of carbonyl (C=O) groups is 1. The van der Waals surface area contributed by atoms with E-state index in [0.717, 1.165) is 28.1 Å². The van der Waals surface area contributed by atoms with Crippen LogP contribution in [-0.4, -0.2) is 6.03 Å². The number of para-hydroxylation sites is 1. The molecule has 0 aromatic heterocycles. The molecule has 25 heavy (non-hydrogen) atoms. The van der Waals surface area contributed by atoms with E-state index in [2.05, 4.69) is 10.6 Å². The zero-order chi connectivity index (χ0) is 17.5. The second-order valence-corrected chi connectivity index (χ2v) is 5.68. The number of nitrogens with one attached hydrogen (secondary N) is 2. The third-order valence-corrected chi connectivity index (χ3v) is 3.83. The SMILES string of the molecule is CC(NC(=O)Nc1ccccc1)=C(c1ccccc1)c1ccccc1. The molecule has 0 aliphatic heterocycles. The fourth-order valence-corrected chi connectivity index (χ4v) is 2.73. The van der Waals surface area contributed by atoms with E-state index in [0.29, 0.717) is 0 Å². The van der Waals surface area contributed by atoms with Gasteiger partial charge in [-0.3, -0.25) is 0 Å². The van der Waals surface area contributed by atoms with E-state index in [-0.39, 0.29) is 6.03 Å². The van der Waals surface area contributed by atoms with E-state index in [1.165, 1.54) is 0 Å². The highest BCUT2D eigenvalue weighted by Crippen LogP contribution is 2.25. The average molecular weight is 328 g/mol. The summed E-state index contributed by atoms with van der Waals surface area (Å²) >= 11 is 0. The Morgan fingerprint density at radius 3 is 1.60 bits per heavy atom. The molecule has 3 aromatic rings. The molecular formula is C22H20N2O. The molecule has 0 fully saturated rings. The Labute approximate surface area is 148 Å². The van der Waals surface area contributed by atoms with Crippen molar-refractivity contribution in [1.29, 1.82) is 0 Å². The van der Waals surface area contributed by atoms with Gasteiger partial charge < -0.3 is 10.6 Å². The Bertz CT molecular complexity index is 815. The maximum atomic E-state index is 12.3. The first-order chi connectivity index (χ1) is 12.2. The largest absolute Gasteiger partial charge is 0.323 e. The first-order valence-corrected chi connectivity index (χ1v) is 8.19. The van der Waals surface area contributed by atoms with Crippen LogP contribution < -0.4 is 10.6 Å². The molecule has 0 atom stereocenters. The quantitative estimate of drug-likeness (QED) is 0.671. The van der Waals surface area contributed by atoms with Gasteiger partial charge >= 0.3 is 6.03 Å². The van der Waals surface area contributed by atoms with Crippen molar-refractivity contribution in [3.05, 3.63) is 108 Å². The molecule has 0 radical (unpaired) electrons. The summed E-state index contributed by atoms with van der Waals surface area (Å²) in [6, 6.07) is 29.3. The minimum absolute atomic E-state index is 0.256. The van der Waals surface area contributed by atoms with Crippen LogP contribution in [0.3, 0.4) is 0 Å². The molecule has 0 unspecified atom stereocenters. The third kappa shape index (κ3) is 4.36. The Kier molecular flexibility index (Phi) is 5.27. The molecule has 2 amide bonds. The number of carbonyl (C=O) groups excluding carboxylic acids is 1. The monoisotopic (exact) mass is 328 g/mol. The van der Waals surface area contributed by atoms with Gasteiger partial charge in [-0.25, -0.2) is 4.79 Å². The summed E-state index contributed by atoms with van der Waals surface area (Å²) < 4.78 is 0. The van der Waals surface area contributed by atoms with Crippen LogP contribution in [0.15, 0.2) is 96.7 Å². The van der Waals surface area contributed by atoms with Crippen LogP contribution in [-0.2, 0) is 0 Å². The van der Waals surface area contributed by atoms with E-state index in [9.17, 15) is 4.79 Å². The summed E-state index contributed by atoms with van der Waals surface area (Å²) in [5.41, 5.74) is 4.68. The average Bonchev–Trinajstić information content (AvgIpc) is 2.64. The molecular weight excluding hydrogens is 308 g/mol. The maximum Gasteiger partial charge on any atom is 0.323 e. The van der Waals surface area contributed by atoms with Gasteiger partial charge in [-0.15, -0.1) is 0 Å². The van der Waals surface area contributed by atoms with Gasteiger partial charge in [0.1, 0.15) is 0 Å². The lowest BCUT2D eigenvalue weighted by molar-refractivity contribution is 0.254. The van der Waals surface area contributed by atoms with Gasteiger partial charge in [-0.1, -0.05) is 78.9 Å². The van der Waals surface area contributed by atoms with Gasteiger partial charge in [-0.2, -0.15) is 0 Å². The first kappa shape index (κ1) is 16.5. The normalized spacial score (nSPS) is 9.96. The zero-order valence-electron chi connectivity index (χ0n) is 14.1. The van der Waals surface area contributed by atoms with Gasteiger partial charge in [0, 0.05) is 17.0 Å². The molecule has 3 aromatic carbocycles. The smallest absolute Gasteiger partial charge is 0.311 e. The minimum Gasteiger partial charge on any atom is -0.311 e. The lowest BCUT2D eigenvalue weighted by Crippen LogP contribution is -2.27. The van der Waals surface area contributed by atoms with Gasteiger partial charge in [-0.05, 0) is 30.2 Å². The van der Waals surface area contributed by atoms with Crippen molar-refractivity contribution in [2.75, 3.05) is 5.32 Å². The number of rotatable bonds is 4. The summed E-state index contributed by atoms with van der Waals surface area (Å²) in [6.45, 7) is 1.92. The van der Waals surface area contributed by atoms with Crippen molar-refractivity contribution in [3.63, 3.8) is 0 Å². The molecule has 3 heteroatoms. The second-order valence-electron chi connectivity index (χ2n) is 5.68. The van der Waals surface area contributed by atoms with Crippen LogP contribution in [0.4, 0.5) is 10.5 Å². The topological polar surface area (TPSA) is 41.1 Å². The Hall–Kier alpha value is -3.33. The van der Waals surface area contributed by atoms with Crippen LogP contribution in [0.1, 0.15) is 18.1 Å². The molecule has 0 saturated heterocycles. The van der Waals surface area contributed by atoms with E-state index in [1.807, 2.05) is 97.9 Å². The fourth-order valence-electron chi connectivity index (χ4n) is 2.73. The number of urea groups is 1. The van der Waals surface area contributed by atoms with Crippen LogP contribution in [0, 0.1) is 0 Å². The number of allylic oxidation sites excluding steroid dienone is 1. The molecule has 0 spiro atoms. The van der Waals surface area contributed by atoms with Crippen molar-refractivity contribution >= 4 is 17.3 Å². The van der Waals surface area contributed by atoms with Crippen molar-refractivity contribution in [3.8, 4) is 0 Å². The molecule has 3 nitrogen and oxygen atoms in total. The van der Waals surface area contributed by atoms with Crippen molar-refractivity contribution < 1.29 is 4.79 Å². The maximum absolute atomic E-state index is 12.3. The summed E-state index contributed by atoms with van der Waals surface area (Å²) in [4.78, 5) is 12.3. The van der Waals surface area contributed by atoms with E-state index < -0.39 is 0 Å². The predicted molar refractivity (Wildman–Crippen MR) is 103 cm³/mol. The highest BCUT2D eigenvalue weighted by atomic mass is 16.2. The number of hydrogen-bond acceptors (Lipinski definition) is 1. The van der Waals surface area contributed by atoms with Crippen LogP contribution in [0.2, 0.25) is 0 Å². The Balaban J connectivity index is 1.90. The van der Waals surface area contributed by atoms with E-state index in [4.69, 9.17) is 0 Å². The fraction of sp³-hybridized carbons (Fsp3) is 0.0455. The molecule has 0 aliphatic rings. The lowest BCUT2D eigenvalue weighted by Gasteiger charge is -2.15. The van der Waals surface area contributed by atoms with Gasteiger partial charge in [0.05, 0.1) is 0 Å². The highest BCUT2D eigenvalue weighted by molar-refractivity contribution is 5.93. The van der Waals surface area contributed by atoms with E-state index in [1.54, 1.807) is 0 Å². The minimum atomic E-state index is -0.256. The first-order valence-electron chi connectivity index (χ1n) is 8.19. The zero-order valence-corrected chi connectivity index (χ0v) is 14.1. The van der Waals surface area contributed by atoms with Crippen LogP contribution in [0.5, 0.6) is 0 Å². The van der Waals surface area contributed by atoms with E-state index >= 15 is 0 Å². The molecule has 124 valence electrons. The van der Waals surface area contributed by atoms with Crippen molar-refractivity contribution in [1.82, 2.24) is 5.32 Å². The number of benzene rings is 3. The van der Waals surface area contributed by atoms with Gasteiger partial charge in [0.2, 0.25) is 0 Å². The molecule has 2 N–H and O–H groups in total. The summed E-state index contributed by atoms with van der Waals surface area (Å²) in [5, 5.41) is 5.80. The van der Waals surface area contributed by atoms with Crippen molar-refractivity contribution in [2.24, 2.45) is 0 Å². The summed E-state index contributed by atoms with van der Waals surface area (Å²) in [6.07, 6.45) is 0. The molecule has 0 aliphatic carbocycles. The molecule has 0 saturated carbocycles. The summed E-state index contributed by atoms with van der Waals surface area (Å²) in [5.74, 6) is 0. The molecule has 3 rings (SSSR count). The highest BCUT2D eigenvalue weighted by Gasteiger charge is 2.11. The molecule has 0 heterocycles. The Morgan fingerprint density at radius 2 is 1.12 bits per heavy atom. The van der Waals surface area contributed by atoms with Gasteiger partial charge in [0.15, 0.2) is 0 Å². The van der Waals surface area contributed by atoms with Crippen molar-refractivity contribution in [2.45, 2.75) is 6.92 Å². The number of anilines is 1. The summed E-state index contributed by atoms with van der Waals surface area (Å²) in [7, 11) is 0. The number of hydrogen-bond donors (Lipinski definition) is 2. The second kappa shape index (κ2) is 7.97. The van der Waals surface area contributed by atoms with Gasteiger partial charge in [0.25, 0.3) is 0 Å². The van der Waals surface area contributed by atoms with Crippen LogP contribution >= 0.6 is 0 Å². The standard InChI is InChI=1S/C22H20N2O/c1-17(23-22(25)24-20-15-9-4-10-16-20)21(18-11-5-2-6-12-18)19-13-7-3-8-14-19/h2-16H,1H3,(H2,23,24,25). The van der Waals surface area contributed by atoms with Crippen LogP contribution in [0.25, 0.3) is 5.57 Å². The predicted octanol–water partition coefficient (Wildman–Crippen LogP) is 5.29. The lowest BCUT2D eigenvalue weighted by atomic mass is 9.96. The number of amides is 2. The third-order valence-electron chi connectivity index (χ3n) is 3.83. The molecule has 0 bridgehead atoms.